The van der Waals surface area contributed by atoms with Crippen LogP contribution in [0.25, 0.3) is 21.9 Å². The fraction of sp³-hybridized carbons (Fsp3) is 0. The van der Waals surface area contributed by atoms with Gasteiger partial charge in [-0.1, -0.05) is 40.9 Å². The predicted molar refractivity (Wildman–Crippen MR) is 112 cm³/mol. The van der Waals surface area contributed by atoms with Gasteiger partial charge < -0.3 is 4.42 Å². The average molecular weight is 455 g/mol. The van der Waals surface area contributed by atoms with Crippen LogP contribution in [0.3, 0.4) is 0 Å². The summed E-state index contributed by atoms with van der Waals surface area (Å²) in [5, 5.41) is 1.19. The lowest BCUT2D eigenvalue weighted by Crippen LogP contribution is -2.14. The van der Waals surface area contributed by atoms with E-state index in [1.807, 2.05) is 0 Å². The maximum atomic E-state index is 12.8. The van der Waals surface area contributed by atoms with Gasteiger partial charge in [-0.15, -0.1) is 0 Å². The van der Waals surface area contributed by atoms with Gasteiger partial charge in [0, 0.05) is 16.1 Å². The fourth-order valence-electron chi connectivity index (χ4n) is 2.81. The number of anilines is 1. The summed E-state index contributed by atoms with van der Waals surface area (Å²) in [5.74, 6) is 0. The molecule has 0 aliphatic carbocycles. The Balaban J connectivity index is 1.93. The van der Waals surface area contributed by atoms with Gasteiger partial charge in [0.25, 0.3) is 10.0 Å². The molecule has 0 saturated heterocycles. The van der Waals surface area contributed by atoms with Gasteiger partial charge in [0.05, 0.1) is 21.5 Å². The molecule has 0 spiro atoms. The van der Waals surface area contributed by atoms with E-state index in [0.717, 1.165) is 0 Å². The minimum absolute atomic E-state index is 0.0100. The molecule has 4 aromatic rings. The Morgan fingerprint density at radius 3 is 2.36 bits per heavy atom. The Bertz CT molecular complexity index is 1410. The number of hydrogen-bond donors (Lipinski definition) is 1. The van der Waals surface area contributed by atoms with Crippen LogP contribution in [-0.4, -0.2) is 8.42 Å². The van der Waals surface area contributed by atoms with Crippen molar-refractivity contribution in [3.63, 3.8) is 0 Å². The second kappa shape index (κ2) is 6.97. The number of halogens is 3. The lowest BCUT2D eigenvalue weighted by molar-refractivity contribution is 0.601. The maximum absolute atomic E-state index is 12.8. The van der Waals surface area contributed by atoms with E-state index in [9.17, 15) is 13.2 Å². The molecular weight excluding hydrogens is 445 g/mol. The Kier molecular flexibility index (Phi) is 4.75. The molecule has 0 aliphatic rings. The minimum atomic E-state index is -4.09. The number of fused-ring (bicyclic) bond motifs is 2. The van der Waals surface area contributed by atoms with Crippen molar-refractivity contribution in [3.8, 4) is 0 Å². The topological polar surface area (TPSA) is 76.4 Å². The first-order chi connectivity index (χ1) is 13.3. The van der Waals surface area contributed by atoms with Gasteiger partial charge in [0.15, 0.2) is 5.58 Å². The Hall–Kier alpha value is -2.25. The van der Waals surface area contributed by atoms with Gasteiger partial charge in [-0.05, 0) is 42.5 Å². The Morgan fingerprint density at radius 2 is 1.57 bits per heavy atom. The highest BCUT2D eigenvalue weighted by Gasteiger charge is 2.21. The molecule has 0 aliphatic heterocycles. The SMILES string of the molecule is O=c1c2ccc(Cl)cc2oc2c(NS(=O)(=O)c3cc(Cl)ccc3Cl)cccc12. The van der Waals surface area contributed by atoms with Crippen LogP contribution in [0.4, 0.5) is 5.69 Å². The van der Waals surface area contributed by atoms with Crippen LogP contribution in [0.5, 0.6) is 0 Å². The largest absolute Gasteiger partial charge is 0.454 e. The van der Waals surface area contributed by atoms with Crippen LogP contribution >= 0.6 is 34.8 Å². The lowest BCUT2D eigenvalue weighted by atomic mass is 10.1. The number of benzene rings is 3. The van der Waals surface area contributed by atoms with Crippen molar-refractivity contribution in [1.29, 1.82) is 0 Å². The molecule has 9 heteroatoms. The molecule has 0 unspecified atom stereocenters. The van der Waals surface area contributed by atoms with Crippen molar-refractivity contribution in [2.45, 2.75) is 4.90 Å². The summed E-state index contributed by atoms with van der Waals surface area (Å²) in [7, 11) is -4.09. The molecule has 0 bridgehead atoms. The molecular formula is C19H10Cl3NO4S. The molecule has 1 N–H and O–H groups in total. The van der Waals surface area contributed by atoms with Gasteiger partial charge in [-0.3, -0.25) is 9.52 Å². The van der Waals surface area contributed by atoms with Crippen molar-refractivity contribution in [2.24, 2.45) is 0 Å². The zero-order chi connectivity index (χ0) is 20.1. The summed E-state index contributed by atoms with van der Waals surface area (Å²) in [5.41, 5.74) is 0.128. The smallest absolute Gasteiger partial charge is 0.263 e. The van der Waals surface area contributed by atoms with Gasteiger partial charge in [0.2, 0.25) is 5.43 Å². The first-order valence-electron chi connectivity index (χ1n) is 7.89. The minimum Gasteiger partial charge on any atom is -0.454 e. The highest BCUT2D eigenvalue weighted by molar-refractivity contribution is 7.92. The van der Waals surface area contributed by atoms with E-state index >= 15 is 0 Å². The number of para-hydroxylation sites is 1. The van der Waals surface area contributed by atoms with Gasteiger partial charge in [-0.2, -0.15) is 0 Å². The van der Waals surface area contributed by atoms with E-state index in [2.05, 4.69) is 4.72 Å². The monoisotopic (exact) mass is 453 g/mol. The number of hydrogen-bond acceptors (Lipinski definition) is 4. The van der Waals surface area contributed by atoms with Gasteiger partial charge in [-0.25, -0.2) is 8.42 Å². The maximum Gasteiger partial charge on any atom is 0.263 e. The zero-order valence-corrected chi connectivity index (χ0v) is 17.0. The second-order valence-corrected chi connectivity index (χ2v) is 8.87. The van der Waals surface area contributed by atoms with E-state index in [-0.39, 0.29) is 42.6 Å². The van der Waals surface area contributed by atoms with Crippen LogP contribution in [0.2, 0.25) is 15.1 Å². The highest BCUT2D eigenvalue weighted by atomic mass is 35.5. The molecule has 1 aromatic heterocycles. The summed E-state index contributed by atoms with van der Waals surface area (Å²) in [4.78, 5) is 12.6. The lowest BCUT2D eigenvalue weighted by Gasteiger charge is -2.12. The van der Waals surface area contributed by atoms with Crippen LogP contribution in [0, 0.1) is 0 Å². The summed E-state index contributed by atoms with van der Waals surface area (Å²) in [6, 6.07) is 13.3. The van der Waals surface area contributed by atoms with E-state index in [1.165, 1.54) is 30.3 Å². The summed E-state index contributed by atoms with van der Waals surface area (Å²) >= 11 is 17.9. The third kappa shape index (κ3) is 3.33. The Labute approximate surface area is 174 Å². The standard InChI is InChI=1S/C19H10Cl3NO4S/c20-10-4-6-12-16(8-10)27-19-13(18(12)24)2-1-3-15(19)23-28(25,26)17-9-11(21)5-7-14(17)22/h1-9,23H. The van der Waals surface area contributed by atoms with Crippen LogP contribution in [-0.2, 0) is 10.0 Å². The van der Waals surface area contributed by atoms with Crippen molar-refractivity contribution >= 4 is 72.5 Å². The molecule has 0 radical (unpaired) electrons. The predicted octanol–water partition coefficient (Wildman–Crippen LogP) is 5.71. The van der Waals surface area contributed by atoms with Crippen molar-refractivity contribution in [1.82, 2.24) is 0 Å². The highest BCUT2D eigenvalue weighted by Crippen LogP contribution is 2.31. The van der Waals surface area contributed by atoms with Crippen LogP contribution in [0.1, 0.15) is 0 Å². The molecule has 142 valence electrons. The molecule has 28 heavy (non-hydrogen) atoms. The van der Waals surface area contributed by atoms with Gasteiger partial charge >= 0.3 is 0 Å². The van der Waals surface area contributed by atoms with Crippen molar-refractivity contribution in [2.75, 3.05) is 4.72 Å². The quantitative estimate of drug-likeness (QED) is 0.402. The number of sulfonamides is 1. The molecule has 3 aromatic carbocycles. The molecule has 0 saturated carbocycles. The van der Waals surface area contributed by atoms with Crippen LogP contribution < -0.4 is 10.2 Å². The fourth-order valence-corrected chi connectivity index (χ4v) is 4.80. The van der Waals surface area contributed by atoms with E-state index in [1.54, 1.807) is 24.3 Å². The molecule has 4 rings (SSSR count). The molecule has 1 heterocycles. The molecule has 0 atom stereocenters. The van der Waals surface area contributed by atoms with E-state index < -0.39 is 10.0 Å². The summed E-state index contributed by atoms with van der Waals surface area (Å²) < 4.78 is 33.9. The molecule has 0 fully saturated rings. The first-order valence-corrected chi connectivity index (χ1v) is 10.5. The van der Waals surface area contributed by atoms with Crippen molar-refractivity contribution < 1.29 is 12.8 Å². The van der Waals surface area contributed by atoms with Crippen molar-refractivity contribution in [3.05, 3.63) is 79.9 Å². The zero-order valence-electron chi connectivity index (χ0n) is 13.9. The summed E-state index contributed by atoms with van der Waals surface area (Å²) in [6.45, 7) is 0. The molecule has 0 amide bonds. The third-order valence-corrected chi connectivity index (χ3v) is 6.40. The normalized spacial score (nSPS) is 11.8. The molecule has 5 nitrogen and oxygen atoms in total. The van der Waals surface area contributed by atoms with E-state index in [0.29, 0.717) is 10.4 Å². The average Bonchev–Trinajstić information content (AvgIpc) is 2.64. The first kappa shape index (κ1) is 19.1. The number of nitrogens with one attached hydrogen (secondary N) is 1. The Morgan fingerprint density at radius 1 is 0.857 bits per heavy atom. The third-order valence-electron chi connectivity index (χ3n) is 4.09. The summed E-state index contributed by atoms with van der Waals surface area (Å²) in [6.07, 6.45) is 0. The van der Waals surface area contributed by atoms with Crippen LogP contribution in [0.15, 0.2) is 68.7 Å². The van der Waals surface area contributed by atoms with E-state index in [4.69, 9.17) is 39.2 Å². The van der Waals surface area contributed by atoms with Gasteiger partial charge in [0.1, 0.15) is 10.5 Å². The second-order valence-electron chi connectivity index (χ2n) is 5.93. The number of rotatable bonds is 3.